The molecule has 0 atom stereocenters. The molecule has 0 aliphatic carbocycles. The van der Waals surface area contributed by atoms with Crippen molar-refractivity contribution in [2.75, 3.05) is 25.0 Å². The Morgan fingerprint density at radius 1 is 1.38 bits per heavy atom. The number of nitrogens with one attached hydrogen (secondary N) is 1. The number of para-hydroxylation sites is 2. The molecule has 21 heavy (non-hydrogen) atoms. The summed E-state index contributed by atoms with van der Waals surface area (Å²) >= 11 is 0. The van der Waals surface area contributed by atoms with E-state index in [0.717, 1.165) is 25.9 Å². The van der Waals surface area contributed by atoms with Crippen LogP contribution in [0, 0.1) is 16.0 Å². The van der Waals surface area contributed by atoms with Crippen molar-refractivity contribution in [3.8, 4) is 0 Å². The maximum Gasteiger partial charge on any atom is 0.292 e. The first-order valence-electron chi connectivity index (χ1n) is 7.33. The number of hydrogen-bond donors (Lipinski definition) is 1. The number of hydrogen-bond acceptors (Lipinski definition) is 4. The third kappa shape index (κ3) is 4.18. The smallest absolute Gasteiger partial charge is 0.292 e. The summed E-state index contributed by atoms with van der Waals surface area (Å²) in [5.41, 5.74) is 0.499. The van der Waals surface area contributed by atoms with E-state index in [9.17, 15) is 14.9 Å². The van der Waals surface area contributed by atoms with Crippen LogP contribution >= 0.6 is 0 Å². The fraction of sp³-hybridized carbons (Fsp3) is 0.533. The Hall–Kier alpha value is -2.11. The predicted octanol–water partition coefficient (Wildman–Crippen LogP) is 2.66. The van der Waals surface area contributed by atoms with Gasteiger partial charge in [-0.1, -0.05) is 19.1 Å². The second-order valence-electron chi connectivity index (χ2n) is 5.51. The van der Waals surface area contributed by atoms with E-state index in [1.807, 2.05) is 4.90 Å². The van der Waals surface area contributed by atoms with E-state index >= 15 is 0 Å². The molecule has 1 fully saturated rings. The van der Waals surface area contributed by atoms with Crippen LogP contribution in [0.25, 0.3) is 0 Å². The normalized spacial score (nSPS) is 15.8. The molecule has 0 spiro atoms. The Morgan fingerprint density at radius 3 is 2.71 bits per heavy atom. The summed E-state index contributed by atoms with van der Waals surface area (Å²) < 4.78 is 0. The van der Waals surface area contributed by atoms with Gasteiger partial charge >= 0.3 is 0 Å². The summed E-state index contributed by atoms with van der Waals surface area (Å²) in [6.45, 7) is 4.27. The van der Waals surface area contributed by atoms with Crippen LogP contribution in [-0.2, 0) is 4.79 Å². The molecule has 1 aliphatic rings. The topological polar surface area (TPSA) is 75.5 Å². The maximum absolute atomic E-state index is 12.1. The van der Waals surface area contributed by atoms with Gasteiger partial charge in [-0.3, -0.25) is 14.9 Å². The number of nitro benzene ring substituents is 1. The van der Waals surface area contributed by atoms with Crippen molar-refractivity contribution in [3.63, 3.8) is 0 Å². The Morgan fingerprint density at radius 2 is 2.05 bits per heavy atom. The van der Waals surface area contributed by atoms with Gasteiger partial charge < -0.3 is 10.2 Å². The van der Waals surface area contributed by atoms with Crippen LogP contribution in [0.15, 0.2) is 24.3 Å². The first-order valence-corrected chi connectivity index (χ1v) is 7.33. The molecule has 1 aliphatic heterocycles. The largest absolute Gasteiger partial charge is 0.379 e. The lowest BCUT2D eigenvalue weighted by Gasteiger charge is -2.30. The van der Waals surface area contributed by atoms with Crippen molar-refractivity contribution >= 4 is 17.3 Å². The number of likely N-dealkylation sites (tertiary alicyclic amines) is 1. The molecule has 6 nitrogen and oxygen atoms in total. The summed E-state index contributed by atoms with van der Waals surface area (Å²) in [5, 5.41) is 13.9. The van der Waals surface area contributed by atoms with Crippen molar-refractivity contribution < 1.29 is 9.72 Å². The van der Waals surface area contributed by atoms with Crippen molar-refractivity contribution in [2.45, 2.75) is 26.2 Å². The Labute approximate surface area is 124 Å². The van der Waals surface area contributed by atoms with Crippen LogP contribution in [0.4, 0.5) is 11.4 Å². The molecule has 1 aromatic rings. The molecule has 0 bridgehead atoms. The highest BCUT2D eigenvalue weighted by molar-refractivity contribution is 5.77. The highest BCUT2D eigenvalue weighted by Gasteiger charge is 2.20. The van der Waals surface area contributed by atoms with Gasteiger partial charge in [0.2, 0.25) is 5.91 Å². The van der Waals surface area contributed by atoms with E-state index in [2.05, 4.69) is 12.2 Å². The van der Waals surface area contributed by atoms with Crippen molar-refractivity contribution in [2.24, 2.45) is 5.92 Å². The molecule has 0 radical (unpaired) electrons. The molecule has 1 N–H and O–H groups in total. The van der Waals surface area contributed by atoms with Crippen LogP contribution in [-0.4, -0.2) is 35.4 Å². The first kappa shape index (κ1) is 15.3. The van der Waals surface area contributed by atoms with E-state index in [1.165, 1.54) is 6.07 Å². The van der Waals surface area contributed by atoms with Gasteiger partial charge in [0, 0.05) is 32.1 Å². The molecule has 1 aromatic carbocycles. The summed E-state index contributed by atoms with van der Waals surface area (Å²) in [6.07, 6.45) is 2.48. The van der Waals surface area contributed by atoms with E-state index < -0.39 is 4.92 Å². The van der Waals surface area contributed by atoms with Crippen LogP contribution in [0.5, 0.6) is 0 Å². The van der Waals surface area contributed by atoms with Crippen LogP contribution in [0.2, 0.25) is 0 Å². The number of carbonyl (C=O) groups excluding carboxylic acids is 1. The van der Waals surface area contributed by atoms with Gasteiger partial charge in [-0.25, -0.2) is 0 Å². The first-order chi connectivity index (χ1) is 10.1. The zero-order valence-corrected chi connectivity index (χ0v) is 12.2. The van der Waals surface area contributed by atoms with E-state index in [-0.39, 0.29) is 11.6 Å². The van der Waals surface area contributed by atoms with E-state index in [1.54, 1.807) is 18.2 Å². The summed E-state index contributed by atoms with van der Waals surface area (Å²) in [4.78, 5) is 24.4. The average Bonchev–Trinajstić information content (AvgIpc) is 2.48. The molecule has 1 heterocycles. The number of anilines is 1. The lowest BCUT2D eigenvalue weighted by atomic mass is 9.99. The van der Waals surface area contributed by atoms with Crippen LogP contribution < -0.4 is 5.32 Å². The summed E-state index contributed by atoms with van der Waals surface area (Å²) in [7, 11) is 0. The van der Waals surface area contributed by atoms with Gasteiger partial charge in [0.15, 0.2) is 0 Å². The Bertz CT molecular complexity index is 511. The highest BCUT2D eigenvalue weighted by atomic mass is 16.6. The number of nitro groups is 1. The lowest BCUT2D eigenvalue weighted by molar-refractivity contribution is -0.384. The molecule has 0 aromatic heterocycles. The second-order valence-corrected chi connectivity index (χ2v) is 5.51. The minimum Gasteiger partial charge on any atom is -0.379 e. The highest BCUT2D eigenvalue weighted by Crippen LogP contribution is 2.23. The number of piperidine rings is 1. The second kappa shape index (κ2) is 7.06. The third-order valence-electron chi connectivity index (χ3n) is 3.89. The molecule has 1 amide bonds. The molecule has 1 saturated heterocycles. The minimum absolute atomic E-state index is 0.0387. The lowest BCUT2D eigenvalue weighted by Crippen LogP contribution is -2.38. The quantitative estimate of drug-likeness (QED) is 0.668. The van der Waals surface area contributed by atoms with Gasteiger partial charge in [0.1, 0.15) is 5.69 Å². The fourth-order valence-electron chi connectivity index (χ4n) is 2.50. The number of nitrogens with zero attached hydrogens (tertiary/aromatic N) is 2. The Balaban J connectivity index is 1.82. The van der Waals surface area contributed by atoms with Gasteiger partial charge in [0.25, 0.3) is 5.69 Å². The number of benzene rings is 1. The summed E-state index contributed by atoms with van der Waals surface area (Å²) in [6, 6.07) is 6.48. The van der Waals surface area contributed by atoms with Gasteiger partial charge in [-0.05, 0) is 24.8 Å². The molecular weight excluding hydrogens is 270 g/mol. The molecule has 0 saturated carbocycles. The van der Waals surface area contributed by atoms with Crippen LogP contribution in [0.1, 0.15) is 26.2 Å². The predicted molar refractivity (Wildman–Crippen MR) is 81.2 cm³/mol. The minimum atomic E-state index is -0.420. The fourth-order valence-corrected chi connectivity index (χ4v) is 2.50. The standard InChI is InChI=1S/C15H21N3O3/c1-12-7-10-17(11-8-12)15(19)6-9-16-13-4-2-3-5-14(13)18(20)21/h2-5,12,16H,6-11H2,1H3. The molecule has 114 valence electrons. The van der Waals surface area contributed by atoms with Crippen molar-refractivity contribution in [1.29, 1.82) is 0 Å². The third-order valence-corrected chi connectivity index (χ3v) is 3.89. The number of amides is 1. The molecule has 2 rings (SSSR count). The summed E-state index contributed by atoms with van der Waals surface area (Å²) in [5.74, 6) is 0.812. The molecular formula is C15H21N3O3. The van der Waals surface area contributed by atoms with Crippen LogP contribution in [0.3, 0.4) is 0 Å². The zero-order chi connectivity index (χ0) is 15.2. The average molecular weight is 291 g/mol. The maximum atomic E-state index is 12.1. The van der Waals surface area contributed by atoms with Gasteiger partial charge in [-0.15, -0.1) is 0 Å². The molecule has 0 unspecified atom stereocenters. The van der Waals surface area contributed by atoms with Crippen molar-refractivity contribution in [1.82, 2.24) is 4.90 Å². The monoisotopic (exact) mass is 291 g/mol. The molecule has 6 heteroatoms. The van der Waals surface area contributed by atoms with Gasteiger partial charge in [-0.2, -0.15) is 0 Å². The van der Waals surface area contributed by atoms with E-state index in [0.29, 0.717) is 24.6 Å². The van der Waals surface area contributed by atoms with Gasteiger partial charge in [0.05, 0.1) is 4.92 Å². The zero-order valence-electron chi connectivity index (χ0n) is 12.2. The van der Waals surface area contributed by atoms with Crippen molar-refractivity contribution in [3.05, 3.63) is 34.4 Å². The number of carbonyl (C=O) groups is 1. The van der Waals surface area contributed by atoms with E-state index in [4.69, 9.17) is 0 Å². The SMILES string of the molecule is CC1CCN(C(=O)CCNc2ccccc2[N+](=O)[O-])CC1. The Kier molecular flexibility index (Phi) is 5.14. The number of rotatable bonds is 5.